The zero-order valence-electron chi connectivity index (χ0n) is 14.5. The van der Waals surface area contributed by atoms with Crippen LogP contribution in [0.5, 0.6) is 0 Å². The van der Waals surface area contributed by atoms with E-state index in [0.29, 0.717) is 16.4 Å². The molecule has 0 aliphatic rings. The van der Waals surface area contributed by atoms with E-state index in [4.69, 9.17) is 11.6 Å². The lowest BCUT2D eigenvalue weighted by molar-refractivity contribution is 0.584. The van der Waals surface area contributed by atoms with Gasteiger partial charge >= 0.3 is 0 Å². The minimum absolute atomic E-state index is 0.0846. The van der Waals surface area contributed by atoms with Crippen LogP contribution in [-0.2, 0) is 20.0 Å². The van der Waals surface area contributed by atoms with Gasteiger partial charge in [-0.15, -0.1) is 0 Å². The van der Waals surface area contributed by atoms with Crippen molar-refractivity contribution in [3.05, 3.63) is 77.1 Å². The van der Waals surface area contributed by atoms with Gasteiger partial charge in [0.1, 0.15) is 4.90 Å². The van der Waals surface area contributed by atoms with Crippen molar-refractivity contribution >= 4 is 37.3 Å². The van der Waals surface area contributed by atoms with Gasteiger partial charge in [0.05, 0.1) is 10.6 Å². The third-order valence-electron chi connectivity index (χ3n) is 3.99. The van der Waals surface area contributed by atoms with Crippen LogP contribution in [0.4, 0.5) is 5.69 Å². The number of aromatic nitrogens is 1. The molecule has 1 heterocycles. The summed E-state index contributed by atoms with van der Waals surface area (Å²) in [4.78, 5) is -0.0177. The zero-order valence-corrected chi connectivity index (χ0v) is 16.9. The predicted molar refractivity (Wildman–Crippen MR) is 105 cm³/mol. The Bertz CT molecular complexity index is 1180. The molecule has 0 unspecified atom stereocenters. The highest BCUT2D eigenvalue weighted by molar-refractivity contribution is 7.93. The third kappa shape index (κ3) is 3.73. The molecular weight excluding hydrogens is 408 g/mol. The van der Waals surface area contributed by atoms with Crippen LogP contribution in [-0.4, -0.2) is 20.8 Å². The smallest absolute Gasteiger partial charge is 0.268 e. The van der Waals surface area contributed by atoms with E-state index in [2.05, 4.69) is 4.72 Å². The van der Waals surface area contributed by atoms with Crippen LogP contribution >= 0.6 is 11.6 Å². The molecule has 0 spiro atoms. The minimum Gasteiger partial charge on any atom is -0.280 e. The van der Waals surface area contributed by atoms with E-state index in [1.807, 2.05) is 0 Å². The van der Waals surface area contributed by atoms with Gasteiger partial charge < -0.3 is 0 Å². The molecule has 1 aromatic heterocycles. The van der Waals surface area contributed by atoms with Gasteiger partial charge in [-0.25, -0.2) is 20.8 Å². The molecule has 0 aliphatic carbocycles. The van der Waals surface area contributed by atoms with Crippen LogP contribution < -0.4 is 4.72 Å². The van der Waals surface area contributed by atoms with Gasteiger partial charge in [-0.3, -0.25) is 4.72 Å². The van der Waals surface area contributed by atoms with Crippen LogP contribution in [0.2, 0.25) is 5.02 Å². The Labute approximate surface area is 163 Å². The van der Waals surface area contributed by atoms with Gasteiger partial charge in [-0.05, 0) is 56.3 Å². The number of rotatable bonds is 5. The van der Waals surface area contributed by atoms with Gasteiger partial charge in [-0.2, -0.15) is 0 Å². The van der Waals surface area contributed by atoms with Crippen molar-refractivity contribution in [3.63, 3.8) is 0 Å². The Hall–Kier alpha value is -2.29. The van der Waals surface area contributed by atoms with Gasteiger partial charge in [0.25, 0.3) is 20.0 Å². The molecule has 0 saturated heterocycles. The summed E-state index contributed by atoms with van der Waals surface area (Å²) in [7, 11) is -7.89. The fraction of sp³-hybridized carbons (Fsp3) is 0.111. The first kappa shape index (κ1) is 19.5. The van der Waals surface area contributed by atoms with Crippen molar-refractivity contribution in [2.75, 3.05) is 4.72 Å². The number of nitrogens with one attached hydrogen (secondary N) is 1. The fourth-order valence-corrected chi connectivity index (χ4v) is 5.93. The number of benzene rings is 2. The first-order valence-electron chi connectivity index (χ1n) is 7.91. The van der Waals surface area contributed by atoms with Gasteiger partial charge in [0, 0.05) is 16.4 Å². The Morgan fingerprint density at radius 3 is 2.07 bits per heavy atom. The number of sulfonamides is 1. The maximum absolute atomic E-state index is 12.9. The minimum atomic E-state index is -3.98. The summed E-state index contributed by atoms with van der Waals surface area (Å²) in [5, 5.41) is 0.477. The van der Waals surface area contributed by atoms with Crippen molar-refractivity contribution in [2.45, 2.75) is 23.6 Å². The number of aryl methyl sites for hydroxylation is 1. The maximum Gasteiger partial charge on any atom is 0.268 e. The molecule has 2 aromatic carbocycles. The number of anilines is 1. The van der Waals surface area contributed by atoms with Crippen LogP contribution in [0.15, 0.2) is 70.5 Å². The Balaban J connectivity index is 2.07. The summed E-state index contributed by atoms with van der Waals surface area (Å²) < 4.78 is 54.9. The number of halogens is 1. The fourth-order valence-electron chi connectivity index (χ4n) is 2.79. The molecule has 142 valence electrons. The quantitative estimate of drug-likeness (QED) is 0.675. The first-order valence-corrected chi connectivity index (χ1v) is 11.2. The number of nitrogens with zero attached hydrogens (tertiary/aromatic N) is 1. The second-order valence-electron chi connectivity index (χ2n) is 5.93. The normalized spacial score (nSPS) is 12.1. The van der Waals surface area contributed by atoms with E-state index >= 15 is 0 Å². The van der Waals surface area contributed by atoms with Crippen molar-refractivity contribution in [3.8, 4) is 0 Å². The van der Waals surface area contributed by atoms with Crippen LogP contribution in [0.1, 0.15) is 11.4 Å². The summed E-state index contributed by atoms with van der Waals surface area (Å²) in [6.07, 6.45) is 0. The second kappa shape index (κ2) is 7.03. The van der Waals surface area contributed by atoms with Crippen LogP contribution in [0.3, 0.4) is 0 Å². The largest absolute Gasteiger partial charge is 0.280 e. The highest BCUT2D eigenvalue weighted by Gasteiger charge is 2.28. The Kier molecular flexibility index (Phi) is 5.07. The molecule has 3 rings (SSSR count). The van der Waals surface area contributed by atoms with Gasteiger partial charge in [0.2, 0.25) is 0 Å². The van der Waals surface area contributed by atoms with Crippen molar-refractivity contribution in [1.82, 2.24) is 3.97 Å². The molecule has 3 aromatic rings. The summed E-state index contributed by atoms with van der Waals surface area (Å²) in [6, 6.07) is 15.4. The van der Waals surface area contributed by atoms with Crippen molar-refractivity contribution in [1.29, 1.82) is 0 Å². The molecule has 0 saturated carbocycles. The zero-order chi connectivity index (χ0) is 19.8. The van der Waals surface area contributed by atoms with E-state index in [1.54, 1.807) is 37.3 Å². The van der Waals surface area contributed by atoms with E-state index in [-0.39, 0.29) is 15.5 Å². The molecule has 27 heavy (non-hydrogen) atoms. The Morgan fingerprint density at radius 1 is 0.889 bits per heavy atom. The lowest BCUT2D eigenvalue weighted by atomic mass is 10.3. The van der Waals surface area contributed by atoms with E-state index in [1.165, 1.54) is 37.3 Å². The van der Waals surface area contributed by atoms with Crippen LogP contribution in [0, 0.1) is 13.8 Å². The second-order valence-corrected chi connectivity index (χ2v) is 9.80. The molecule has 0 aliphatic heterocycles. The summed E-state index contributed by atoms with van der Waals surface area (Å²) >= 11 is 5.81. The average Bonchev–Trinajstić information content (AvgIpc) is 2.93. The lowest BCUT2D eigenvalue weighted by Crippen LogP contribution is -2.18. The summed E-state index contributed by atoms with van der Waals surface area (Å²) in [6.45, 7) is 3.01. The monoisotopic (exact) mass is 424 g/mol. The Morgan fingerprint density at radius 2 is 1.48 bits per heavy atom. The van der Waals surface area contributed by atoms with Crippen molar-refractivity contribution in [2.24, 2.45) is 0 Å². The van der Waals surface area contributed by atoms with Gasteiger partial charge in [0.15, 0.2) is 0 Å². The van der Waals surface area contributed by atoms with E-state index in [0.717, 1.165) is 3.97 Å². The highest BCUT2D eigenvalue weighted by atomic mass is 35.5. The molecule has 1 N–H and O–H groups in total. The first-order chi connectivity index (χ1) is 12.6. The van der Waals surface area contributed by atoms with E-state index in [9.17, 15) is 16.8 Å². The SMILES string of the molecule is Cc1cc(S(=O)(=O)Nc2ccc(Cl)cc2)c(C)n1S(=O)(=O)c1ccccc1. The standard InChI is InChI=1S/C18H17ClN2O4S2/c1-13-12-18(26(22,23)20-16-10-8-15(19)9-11-16)14(2)21(13)27(24,25)17-6-4-3-5-7-17/h3-12,20H,1-2H3. The molecule has 0 atom stereocenters. The predicted octanol–water partition coefficient (Wildman–Crippen LogP) is 3.80. The van der Waals surface area contributed by atoms with Crippen LogP contribution in [0.25, 0.3) is 0 Å². The average molecular weight is 425 g/mol. The molecule has 0 fully saturated rings. The van der Waals surface area contributed by atoms with E-state index < -0.39 is 20.0 Å². The summed E-state index contributed by atoms with van der Waals surface area (Å²) in [5.41, 5.74) is 0.737. The lowest BCUT2D eigenvalue weighted by Gasteiger charge is -2.12. The van der Waals surface area contributed by atoms with Crippen molar-refractivity contribution < 1.29 is 16.8 Å². The molecule has 6 nitrogen and oxygen atoms in total. The molecule has 0 radical (unpaired) electrons. The summed E-state index contributed by atoms with van der Waals surface area (Å²) in [5.74, 6) is 0. The van der Waals surface area contributed by atoms with Gasteiger partial charge in [-0.1, -0.05) is 29.8 Å². The number of hydrogen-bond acceptors (Lipinski definition) is 4. The third-order valence-corrected chi connectivity index (χ3v) is 7.65. The highest BCUT2D eigenvalue weighted by Crippen LogP contribution is 2.27. The topological polar surface area (TPSA) is 85.2 Å². The molecule has 0 bridgehead atoms. The maximum atomic E-state index is 12.9. The molecule has 9 heteroatoms. The molecular formula is C18H17ClN2O4S2. The molecule has 0 amide bonds. The number of hydrogen-bond donors (Lipinski definition) is 1.